The monoisotopic (exact) mass is 415 g/mol. The summed E-state index contributed by atoms with van der Waals surface area (Å²) in [6.45, 7) is 9.37. The van der Waals surface area contributed by atoms with Gasteiger partial charge in [0.05, 0.1) is 0 Å². The molecule has 0 rings (SSSR count). The molecule has 21 heavy (non-hydrogen) atoms. The number of nitrogens with one attached hydrogen (secondary N) is 2. The van der Waals surface area contributed by atoms with Crippen LogP contribution in [0.5, 0.6) is 0 Å². The van der Waals surface area contributed by atoms with Crippen LogP contribution >= 0.6 is 24.0 Å². The van der Waals surface area contributed by atoms with E-state index in [1.165, 1.54) is 6.42 Å². The number of hydrogen-bond acceptors (Lipinski definition) is 3. The summed E-state index contributed by atoms with van der Waals surface area (Å²) in [5, 5.41) is 6.59. The lowest BCUT2D eigenvalue weighted by atomic mass is 10.3. The topological polar surface area (TPSA) is 54.9 Å². The fourth-order valence-electron chi connectivity index (χ4n) is 1.63. The molecule has 0 fully saturated rings. The molecule has 0 atom stereocenters. The van der Waals surface area contributed by atoms with Crippen molar-refractivity contribution < 1.29 is 9.47 Å². The van der Waals surface area contributed by atoms with Gasteiger partial charge in [-0.25, -0.2) is 0 Å². The molecule has 5 nitrogen and oxygen atoms in total. The lowest BCUT2D eigenvalue weighted by molar-refractivity contribution is 0.129. The average Bonchev–Trinajstić information content (AvgIpc) is 2.47. The molecule has 128 valence electrons. The first-order valence-corrected chi connectivity index (χ1v) is 7.95. The van der Waals surface area contributed by atoms with Gasteiger partial charge < -0.3 is 20.1 Å². The Morgan fingerprint density at radius 1 is 0.857 bits per heavy atom. The van der Waals surface area contributed by atoms with Gasteiger partial charge >= 0.3 is 0 Å². The molecular weight excluding hydrogens is 381 g/mol. The maximum atomic E-state index is 5.51. The molecule has 0 heterocycles. The van der Waals surface area contributed by atoms with Gasteiger partial charge in [0.1, 0.15) is 0 Å². The number of unbranched alkanes of at least 4 members (excludes halogenated alkanes) is 2. The van der Waals surface area contributed by atoms with Crippen molar-refractivity contribution in [1.29, 1.82) is 0 Å². The summed E-state index contributed by atoms with van der Waals surface area (Å²) in [4.78, 5) is 4.19. The van der Waals surface area contributed by atoms with E-state index >= 15 is 0 Å². The van der Waals surface area contributed by atoms with Crippen LogP contribution in [0.3, 0.4) is 0 Å². The van der Waals surface area contributed by atoms with Crippen molar-refractivity contribution in [3.63, 3.8) is 0 Å². The molecule has 0 aliphatic heterocycles. The van der Waals surface area contributed by atoms with Crippen LogP contribution in [0.25, 0.3) is 0 Å². The summed E-state index contributed by atoms with van der Waals surface area (Å²) in [6, 6.07) is 0. The van der Waals surface area contributed by atoms with Crippen molar-refractivity contribution in [3.05, 3.63) is 0 Å². The van der Waals surface area contributed by atoms with Crippen LogP contribution in [0.15, 0.2) is 4.99 Å². The quantitative estimate of drug-likeness (QED) is 0.210. The van der Waals surface area contributed by atoms with Crippen molar-refractivity contribution in [2.75, 3.05) is 46.6 Å². The Morgan fingerprint density at radius 3 is 2.10 bits per heavy atom. The van der Waals surface area contributed by atoms with Gasteiger partial charge in [0.25, 0.3) is 0 Å². The molecule has 0 aliphatic carbocycles. The van der Waals surface area contributed by atoms with E-state index in [4.69, 9.17) is 9.47 Å². The molecule has 0 unspecified atom stereocenters. The second kappa shape index (κ2) is 19.9. The lowest BCUT2D eigenvalue weighted by Crippen LogP contribution is -2.38. The molecule has 0 aromatic heterocycles. The van der Waals surface area contributed by atoms with Gasteiger partial charge in [-0.2, -0.15) is 0 Å². The predicted octanol–water partition coefficient (Wildman–Crippen LogP) is 2.79. The second-order valence-electron chi connectivity index (χ2n) is 4.65. The maximum Gasteiger partial charge on any atom is 0.190 e. The minimum absolute atomic E-state index is 0. The van der Waals surface area contributed by atoms with Crippen molar-refractivity contribution >= 4 is 29.9 Å². The highest BCUT2D eigenvalue weighted by atomic mass is 127. The van der Waals surface area contributed by atoms with Crippen molar-refractivity contribution in [2.45, 2.75) is 46.0 Å². The first-order valence-electron chi connectivity index (χ1n) is 7.95. The summed E-state index contributed by atoms with van der Waals surface area (Å²) in [6.07, 6.45) is 5.54. The van der Waals surface area contributed by atoms with Crippen LogP contribution in [-0.4, -0.2) is 52.5 Å². The Morgan fingerprint density at radius 2 is 1.48 bits per heavy atom. The molecule has 0 radical (unpaired) electrons. The fraction of sp³-hybridized carbons (Fsp3) is 0.933. The minimum Gasteiger partial charge on any atom is -0.382 e. The second-order valence-corrected chi connectivity index (χ2v) is 4.65. The summed E-state index contributed by atoms with van der Waals surface area (Å²) < 4.78 is 10.8. The summed E-state index contributed by atoms with van der Waals surface area (Å²) in [7, 11) is 1.80. The summed E-state index contributed by atoms with van der Waals surface area (Å²) in [5.41, 5.74) is 0. The molecule has 0 spiro atoms. The van der Waals surface area contributed by atoms with Crippen molar-refractivity contribution in [2.24, 2.45) is 4.99 Å². The van der Waals surface area contributed by atoms with E-state index in [0.717, 1.165) is 71.2 Å². The SMILES string of the molecule is CCCCOCCCNC(=NC)NCCCCOCC.I. The zero-order valence-electron chi connectivity index (χ0n) is 14.0. The minimum atomic E-state index is 0. The highest BCUT2D eigenvalue weighted by Crippen LogP contribution is 1.90. The summed E-state index contributed by atoms with van der Waals surface area (Å²) >= 11 is 0. The average molecular weight is 415 g/mol. The number of ether oxygens (including phenoxy) is 2. The van der Waals surface area contributed by atoms with Crippen LogP contribution < -0.4 is 10.6 Å². The Labute approximate surface area is 147 Å². The Balaban J connectivity index is 0. The first kappa shape index (κ1) is 23.2. The largest absolute Gasteiger partial charge is 0.382 e. The zero-order chi connectivity index (χ0) is 14.9. The van der Waals surface area contributed by atoms with Crippen LogP contribution in [0, 0.1) is 0 Å². The Bertz CT molecular complexity index is 229. The number of guanidine groups is 1. The number of nitrogens with zero attached hydrogens (tertiary/aromatic N) is 1. The van der Waals surface area contributed by atoms with Crippen LogP contribution in [0.1, 0.15) is 46.0 Å². The first-order chi connectivity index (χ1) is 9.85. The molecule has 0 saturated heterocycles. The highest BCUT2D eigenvalue weighted by Gasteiger charge is 1.96. The van der Waals surface area contributed by atoms with Crippen molar-refractivity contribution in [3.8, 4) is 0 Å². The number of halogens is 1. The molecule has 0 amide bonds. The Hall–Kier alpha value is -0.0800. The van der Waals surface area contributed by atoms with E-state index in [0.29, 0.717) is 0 Å². The fourth-order valence-corrected chi connectivity index (χ4v) is 1.63. The van der Waals surface area contributed by atoms with Gasteiger partial charge in [-0.3, -0.25) is 4.99 Å². The smallest absolute Gasteiger partial charge is 0.190 e. The maximum absolute atomic E-state index is 5.51. The van der Waals surface area contributed by atoms with E-state index in [1.807, 2.05) is 6.92 Å². The summed E-state index contributed by atoms with van der Waals surface area (Å²) in [5.74, 6) is 0.870. The highest BCUT2D eigenvalue weighted by molar-refractivity contribution is 14.0. The molecule has 0 saturated carbocycles. The third kappa shape index (κ3) is 17.9. The van der Waals surface area contributed by atoms with E-state index in [9.17, 15) is 0 Å². The molecule has 0 aromatic carbocycles. The van der Waals surface area contributed by atoms with Crippen LogP contribution in [0.4, 0.5) is 0 Å². The predicted molar refractivity (Wildman–Crippen MR) is 101 cm³/mol. The number of aliphatic imine (C=N–C) groups is 1. The van der Waals surface area contributed by atoms with Gasteiger partial charge in [0.15, 0.2) is 5.96 Å². The molecule has 0 aliphatic rings. The van der Waals surface area contributed by atoms with Gasteiger partial charge in [0, 0.05) is 46.6 Å². The van der Waals surface area contributed by atoms with Crippen molar-refractivity contribution in [1.82, 2.24) is 10.6 Å². The van der Waals surface area contributed by atoms with Crippen LogP contribution in [-0.2, 0) is 9.47 Å². The van der Waals surface area contributed by atoms with E-state index in [1.54, 1.807) is 7.05 Å². The molecule has 2 N–H and O–H groups in total. The molecule has 0 aromatic rings. The molecule has 0 bridgehead atoms. The van der Waals surface area contributed by atoms with E-state index < -0.39 is 0 Å². The Kier molecular flexibility index (Phi) is 22.0. The van der Waals surface area contributed by atoms with E-state index in [2.05, 4.69) is 22.5 Å². The van der Waals surface area contributed by atoms with Gasteiger partial charge in [0.2, 0.25) is 0 Å². The zero-order valence-corrected chi connectivity index (χ0v) is 16.3. The van der Waals surface area contributed by atoms with Gasteiger partial charge in [-0.15, -0.1) is 24.0 Å². The van der Waals surface area contributed by atoms with E-state index in [-0.39, 0.29) is 24.0 Å². The van der Waals surface area contributed by atoms with Crippen LogP contribution in [0.2, 0.25) is 0 Å². The lowest BCUT2D eigenvalue weighted by Gasteiger charge is -2.11. The van der Waals surface area contributed by atoms with Gasteiger partial charge in [-0.05, 0) is 32.6 Å². The third-order valence-electron chi connectivity index (χ3n) is 2.84. The third-order valence-corrected chi connectivity index (χ3v) is 2.84. The van der Waals surface area contributed by atoms with Gasteiger partial charge in [-0.1, -0.05) is 13.3 Å². The molecule has 6 heteroatoms. The number of hydrogen-bond donors (Lipinski definition) is 2. The number of rotatable bonds is 13. The normalized spacial score (nSPS) is 11.1. The molecular formula is C15H34IN3O2. The standard InChI is InChI=1S/C15H33N3O2.HI/c1-4-6-12-20-14-9-11-18-15(16-3)17-10-7-8-13-19-5-2;/h4-14H2,1-3H3,(H2,16,17,18);1H.